The third-order valence-corrected chi connectivity index (χ3v) is 6.78. The summed E-state index contributed by atoms with van der Waals surface area (Å²) in [6.07, 6.45) is 3.98. The first-order chi connectivity index (χ1) is 17.5. The van der Waals surface area contributed by atoms with E-state index in [1.165, 1.54) is 24.1 Å². The van der Waals surface area contributed by atoms with Gasteiger partial charge in [0.05, 0.1) is 12.2 Å². The van der Waals surface area contributed by atoms with E-state index in [0.29, 0.717) is 22.7 Å². The molecule has 1 fully saturated rings. The van der Waals surface area contributed by atoms with Crippen LogP contribution in [0.15, 0.2) is 72.9 Å². The number of carbonyl (C=O) groups excluding carboxylic acids is 2. The van der Waals surface area contributed by atoms with Crippen LogP contribution in [-0.4, -0.2) is 43.0 Å². The first-order valence-electron chi connectivity index (χ1n) is 12.1. The van der Waals surface area contributed by atoms with Crippen molar-refractivity contribution in [1.29, 1.82) is 0 Å². The fourth-order valence-corrected chi connectivity index (χ4v) is 4.87. The van der Waals surface area contributed by atoms with Crippen LogP contribution in [0.1, 0.15) is 34.3 Å². The van der Waals surface area contributed by atoms with Crippen molar-refractivity contribution in [3.63, 3.8) is 0 Å². The van der Waals surface area contributed by atoms with Crippen LogP contribution in [0.5, 0.6) is 0 Å². The van der Waals surface area contributed by atoms with E-state index in [0.717, 1.165) is 42.9 Å². The number of imide groups is 1. The number of halogens is 1. The number of hydrogen-bond acceptors (Lipinski definition) is 5. The van der Waals surface area contributed by atoms with Gasteiger partial charge in [-0.1, -0.05) is 30.3 Å². The minimum absolute atomic E-state index is 0.322. The predicted octanol–water partition coefficient (Wildman–Crippen LogP) is 4.83. The van der Waals surface area contributed by atoms with E-state index in [4.69, 9.17) is 4.74 Å². The molecule has 6 nitrogen and oxygen atoms in total. The van der Waals surface area contributed by atoms with E-state index in [9.17, 15) is 14.0 Å². The first-order valence-corrected chi connectivity index (χ1v) is 12.1. The average molecular weight is 486 g/mol. The summed E-state index contributed by atoms with van der Waals surface area (Å²) in [4.78, 5) is 27.6. The van der Waals surface area contributed by atoms with E-state index in [1.54, 1.807) is 43.6 Å². The van der Waals surface area contributed by atoms with Crippen molar-refractivity contribution >= 4 is 23.1 Å². The second-order valence-corrected chi connectivity index (χ2v) is 9.17. The van der Waals surface area contributed by atoms with Crippen molar-refractivity contribution in [1.82, 2.24) is 10.2 Å². The zero-order valence-electron chi connectivity index (χ0n) is 20.1. The molecule has 0 spiro atoms. The number of benzene rings is 3. The molecule has 2 amide bonds. The lowest BCUT2D eigenvalue weighted by Crippen LogP contribution is -2.36. The Morgan fingerprint density at radius 2 is 1.75 bits per heavy atom. The van der Waals surface area contributed by atoms with Crippen LogP contribution in [0, 0.1) is 5.82 Å². The highest BCUT2D eigenvalue weighted by molar-refractivity contribution is 6.31. The summed E-state index contributed by atoms with van der Waals surface area (Å²) in [7, 11) is 1.75. The highest BCUT2D eigenvalue weighted by Gasteiger charge is 2.28. The van der Waals surface area contributed by atoms with E-state index in [2.05, 4.69) is 27.7 Å². The predicted molar refractivity (Wildman–Crippen MR) is 138 cm³/mol. The number of likely N-dealkylation sites (tertiary alicyclic amines) is 1. The highest BCUT2D eigenvalue weighted by Crippen LogP contribution is 2.30. The van der Waals surface area contributed by atoms with Crippen LogP contribution in [0.3, 0.4) is 0 Å². The van der Waals surface area contributed by atoms with Gasteiger partial charge in [-0.15, -0.1) is 0 Å². The van der Waals surface area contributed by atoms with Crippen LogP contribution in [-0.2, 0) is 16.1 Å². The summed E-state index contributed by atoms with van der Waals surface area (Å²) < 4.78 is 18.7. The molecular weight excluding hydrogens is 457 g/mol. The molecule has 0 bridgehead atoms. The Balaban J connectivity index is 1.35. The molecule has 1 atom stereocenters. The SMILES string of the molecule is COC[C@@H]1CCCN1Cc1ccc(NC=C2C(=O)NC(=O)c3ccc(-c4ccc(F)cc4)cc32)cc1. The lowest BCUT2D eigenvalue weighted by atomic mass is 9.91. The molecule has 184 valence electrons. The van der Waals surface area contributed by atoms with Crippen molar-refractivity contribution in [2.24, 2.45) is 0 Å². The maximum Gasteiger partial charge on any atom is 0.260 e. The standard InChI is InChI=1S/C29H28FN3O3/c1-36-18-24-3-2-14-33(24)17-19-4-11-23(12-5-19)31-16-27-26-15-21(20-6-9-22(30)10-7-20)8-13-25(26)28(34)32-29(27)35/h4-13,15-16,24,31H,2-3,14,17-18H2,1H3,(H,32,34,35)/t24-/m0/s1. The summed E-state index contributed by atoms with van der Waals surface area (Å²) in [5.41, 5.74) is 4.95. The van der Waals surface area contributed by atoms with Crippen LogP contribution < -0.4 is 10.6 Å². The molecule has 0 aromatic heterocycles. The van der Waals surface area contributed by atoms with Crippen LogP contribution >= 0.6 is 0 Å². The van der Waals surface area contributed by atoms with Gasteiger partial charge in [-0.05, 0) is 72.5 Å². The number of nitrogens with zero attached hydrogens (tertiary/aromatic N) is 1. The lowest BCUT2D eigenvalue weighted by Gasteiger charge is -2.23. The molecule has 3 aromatic rings. The van der Waals surface area contributed by atoms with E-state index in [-0.39, 0.29) is 5.82 Å². The Labute approximate surface area is 209 Å². The quantitative estimate of drug-likeness (QED) is 0.371. The van der Waals surface area contributed by atoms with E-state index < -0.39 is 11.8 Å². The number of hydrogen-bond donors (Lipinski definition) is 2. The topological polar surface area (TPSA) is 70.7 Å². The number of fused-ring (bicyclic) bond motifs is 1. The maximum atomic E-state index is 13.4. The second kappa shape index (κ2) is 10.4. The lowest BCUT2D eigenvalue weighted by molar-refractivity contribution is -0.114. The van der Waals surface area contributed by atoms with Crippen molar-refractivity contribution in [3.8, 4) is 11.1 Å². The first kappa shape index (κ1) is 23.9. The summed E-state index contributed by atoms with van der Waals surface area (Å²) >= 11 is 0. The van der Waals surface area contributed by atoms with Gasteiger partial charge in [-0.2, -0.15) is 0 Å². The number of rotatable bonds is 7. The molecule has 2 aliphatic heterocycles. The van der Waals surface area contributed by atoms with Gasteiger partial charge in [-0.3, -0.25) is 19.8 Å². The fourth-order valence-electron chi connectivity index (χ4n) is 4.87. The van der Waals surface area contributed by atoms with Gasteiger partial charge in [0.1, 0.15) is 5.82 Å². The largest absolute Gasteiger partial charge is 0.383 e. The Bertz CT molecular complexity index is 1300. The summed E-state index contributed by atoms with van der Waals surface area (Å²) in [6, 6.07) is 20.0. The molecule has 0 radical (unpaired) electrons. The van der Waals surface area contributed by atoms with Crippen molar-refractivity contribution in [2.45, 2.75) is 25.4 Å². The number of methoxy groups -OCH3 is 1. The Morgan fingerprint density at radius 3 is 2.50 bits per heavy atom. The third kappa shape index (κ3) is 5.08. The molecule has 0 aliphatic carbocycles. The Kier molecular flexibility index (Phi) is 6.93. The minimum atomic E-state index is -0.467. The zero-order valence-corrected chi connectivity index (χ0v) is 20.1. The molecular formula is C29H28FN3O3. The average Bonchev–Trinajstić information content (AvgIpc) is 3.31. The molecule has 5 rings (SSSR count). The van der Waals surface area contributed by atoms with Gasteiger partial charge in [-0.25, -0.2) is 4.39 Å². The molecule has 0 saturated carbocycles. The van der Waals surface area contributed by atoms with Crippen LogP contribution in [0.2, 0.25) is 0 Å². The fraction of sp³-hybridized carbons (Fsp3) is 0.241. The summed E-state index contributed by atoms with van der Waals surface area (Å²) in [6.45, 7) is 2.70. The summed E-state index contributed by atoms with van der Waals surface area (Å²) in [5, 5.41) is 5.60. The van der Waals surface area contributed by atoms with Crippen molar-refractivity contribution in [3.05, 3.63) is 95.4 Å². The van der Waals surface area contributed by atoms with Crippen LogP contribution in [0.4, 0.5) is 10.1 Å². The molecule has 3 aromatic carbocycles. The monoisotopic (exact) mass is 485 g/mol. The normalized spacial score (nSPS) is 18.8. The van der Waals surface area contributed by atoms with Crippen LogP contribution in [0.25, 0.3) is 16.7 Å². The summed E-state index contributed by atoms with van der Waals surface area (Å²) in [5.74, 6) is -1.22. The van der Waals surface area contributed by atoms with E-state index >= 15 is 0 Å². The zero-order chi connectivity index (χ0) is 25.1. The number of nitrogens with one attached hydrogen (secondary N) is 2. The van der Waals surface area contributed by atoms with Crippen molar-refractivity contribution in [2.75, 3.05) is 25.6 Å². The molecule has 36 heavy (non-hydrogen) atoms. The molecule has 1 saturated heterocycles. The van der Waals surface area contributed by atoms with Gasteiger partial charge < -0.3 is 10.1 Å². The van der Waals surface area contributed by atoms with Crippen molar-refractivity contribution < 1.29 is 18.7 Å². The molecule has 2 aliphatic rings. The molecule has 2 heterocycles. The number of amides is 2. The van der Waals surface area contributed by atoms with Gasteiger partial charge >= 0.3 is 0 Å². The Hall–Kier alpha value is -3.81. The number of anilines is 1. The molecule has 2 N–H and O–H groups in total. The maximum absolute atomic E-state index is 13.4. The molecule has 7 heteroatoms. The van der Waals surface area contributed by atoms with Gasteiger partial charge in [0, 0.05) is 42.7 Å². The van der Waals surface area contributed by atoms with E-state index in [1.807, 2.05) is 12.1 Å². The van der Waals surface area contributed by atoms with Gasteiger partial charge in [0.25, 0.3) is 11.8 Å². The Morgan fingerprint density at radius 1 is 1.00 bits per heavy atom. The number of carbonyl (C=O) groups is 2. The smallest absolute Gasteiger partial charge is 0.260 e. The third-order valence-electron chi connectivity index (χ3n) is 6.78. The van der Waals surface area contributed by atoms with Gasteiger partial charge in [0.2, 0.25) is 0 Å². The molecule has 0 unspecified atom stereocenters. The minimum Gasteiger partial charge on any atom is -0.383 e. The highest BCUT2D eigenvalue weighted by atomic mass is 19.1. The second-order valence-electron chi connectivity index (χ2n) is 9.17. The number of ether oxygens (including phenoxy) is 1. The van der Waals surface area contributed by atoms with Gasteiger partial charge in [0.15, 0.2) is 0 Å².